The maximum absolute atomic E-state index is 10.1. The van der Waals surface area contributed by atoms with E-state index >= 15 is 0 Å². The normalized spacial score (nSPS) is 22.8. The van der Waals surface area contributed by atoms with Crippen LogP contribution < -0.4 is 10.1 Å². The molecule has 0 bridgehead atoms. The van der Waals surface area contributed by atoms with Crippen LogP contribution in [0.15, 0.2) is 0 Å². The van der Waals surface area contributed by atoms with Crippen molar-refractivity contribution in [1.29, 1.82) is 0 Å². The third kappa shape index (κ3) is 4.15. The Balaban J connectivity index is 2.01. The highest BCUT2D eigenvalue weighted by atomic mass is 35.5. The Morgan fingerprint density at radius 1 is 1.47 bits per heavy atom. The number of nitrogens with zero attached hydrogens (tertiary/aromatic N) is 3. The van der Waals surface area contributed by atoms with Crippen LogP contribution in [-0.2, 0) is 4.74 Å². The summed E-state index contributed by atoms with van der Waals surface area (Å²) in [6.45, 7) is 4.87. The lowest BCUT2D eigenvalue weighted by molar-refractivity contribution is 0.0380. The van der Waals surface area contributed by atoms with Gasteiger partial charge >= 0.3 is 6.01 Å². The molecule has 19 heavy (non-hydrogen) atoms. The molecule has 0 spiro atoms. The minimum atomic E-state index is -0.891. The summed E-state index contributed by atoms with van der Waals surface area (Å²) in [5.41, 5.74) is -0.891. The molecule has 1 saturated heterocycles. The highest BCUT2D eigenvalue weighted by Crippen LogP contribution is 2.19. The molecule has 1 aromatic heterocycles. The molecule has 0 aliphatic carbocycles. The zero-order valence-electron chi connectivity index (χ0n) is 10.9. The van der Waals surface area contributed by atoms with Crippen molar-refractivity contribution in [3.63, 3.8) is 0 Å². The lowest BCUT2D eigenvalue weighted by Crippen LogP contribution is -2.37. The van der Waals surface area contributed by atoms with E-state index in [4.69, 9.17) is 21.1 Å². The lowest BCUT2D eigenvalue weighted by Gasteiger charge is -2.20. The Morgan fingerprint density at radius 3 is 2.89 bits per heavy atom. The number of aromatic nitrogens is 3. The Labute approximate surface area is 116 Å². The van der Waals surface area contributed by atoms with Gasteiger partial charge in [-0.2, -0.15) is 15.0 Å². The SMILES string of the molecule is CC(C)Oc1nc(Cl)nc(NCC2(O)CCOC2)n1. The first-order valence-electron chi connectivity index (χ1n) is 6.09. The largest absolute Gasteiger partial charge is 0.461 e. The minimum Gasteiger partial charge on any atom is -0.461 e. The van der Waals surface area contributed by atoms with Crippen molar-refractivity contribution in [3.8, 4) is 6.01 Å². The summed E-state index contributed by atoms with van der Waals surface area (Å²) in [7, 11) is 0. The van der Waals surface area contributed by atoms with Gasteiger partial charge in [0.15, 0.2) is 0 Å². The lowest BCUT2D eigenvalue weighted by atomic mass is 10.0. The van der Waals surface area contributed by atoms with E-state index in [0.717, 1.165) is 0 Å². The second-order valence-corrected chi connectivity index (χ2v) is 5.10. The average molecular weight is 289 g/mol. The van der Waals surface area contributed by atoms with Gasteiger partial charge in [-0.25, -0.2) is 0 Å². The molecule has 1 atom stereocenters. The predicted octanol–water partition coefficient (Wildman–Crippen LogP) is 0.875. The van der Waals surface area contributed by atoms with Gasteiger partial charge in [-0.3, -0.25) is 0 Å². The zero-order valence-corrected chi connectivity index (χ0v) is 11.6. The van der Waals surface area contributed by atoms with Gasteiger partial charge in [0.1, 0.15) is 5.60 Å². The standard InChI is InChI=1S/C11H17ClN4O3/c1-7(2)19-10-15-8(12)14-9(16-10)13-5-11(17)3-4-18-6-11/h7,17H,3-6H2,1-2H3,(H,13,14,15,16). The van der Waals surface area contributed by atoms with Crippen LogP contribution in [0.5, 0.6) is 6.01 Å². The van der Waals surface area contributed by atoms with Crippen molar-refractivity contribution in [2.24, 2.45) is 0 Å². The maximum atomic E-state index is 10.1. The molecule has 1 aliphatic rings. The first-order valence-corrected chi connectivity index (χ1v) is 6.47. The molecule has 1 aromatic rings. The summed E-state index contributed by atoms with van der Waals surface area (Å²) in [5.74, 6) is 0.274. The predicted molar refractivity (Wildman–Crippen MR) is 69.5 cm³/mol. The summed E-state index contributed by atoms with van der Waals surface area (Å²) >= 11 is 5.79. The molecule has 0 aromatic carbocycles. The molecule has 2 heterocycles. The highest BCUT2D eigenvalue weighted by Gasteiger charge is 2.32. The van der Waals surface area contributed by atoms with Gasteiger partial charge in [-0.05, 0) is 25.4 Å². The Hall–Kier alpha value is -1.18. The monoisotopic (exact) mass is 288 g/mol. The molecular formula is C11H17ClN4O3. The third-order valence-electron chi connectivity index (χ3n) is 2.59. The van der Waals surface area contributed by atoms with Gasteiger partial charge in [0.05, 0.1) is 12.7 Å². The average Bonchev–Trinajstić information content (AvgIpc) is 2.73. The topological polar surface area (TPSA) is 89.4 Å². The van der Waals surface area contributed by atoms with E-state index in [9.17, 15) is 5.11 Å². The van der Waals surface area contributed by atoms with Crippen molar-refractivity contribution in [2.75, 3.05) is 25.1 Å². The van der Waals surface area contributed by atoms with E-state index in [1.165, 1.54) is 0 Å². The summed E-state index contributed by atoms with van der Waals surface area (Å²) < 4.78 is 10.5. The molecule has 1 fully saturated rings. The zero-order chi connectivity index (χ0) is 13.9. The van der Waals surface area contributed by atoms with Crippen molar-refractivity contribution in [1.82, 2.24) is 15.0 Å². The molecular weight excluding hydrogens is 272 g/mol. The van der Waals surface area contributed by atoms with Gasteiger partial charge in [-0.1, -0.05) is 0 Å². The van der Waals surface area contributed by atoms with Gasteiger partial charge in [0.25, 0.3) is 0 Å². The van der Waals surface area contributed by atoms with Crippen molar-refractivity contribution in [2.45, 2.75) is 32.0 Å². The van der Waals surface area contributed by atoms with Crippen LogP contribution in [0.3, 0.4) is 0 Å². The summed E-state index contributed by atoms with van der Waals surface area (Å²) in [6.07, 6.45) is 0.521. The van der Waals surface area contributed by atoms with Crippen LogP contribution in [0.2, 0.25) is 5.28 Å². The fourth-order valence-electron chi connectivity index (χ4n) is 1.65. The summed E-state index contributed by atoms with van der Waals surface area (Å²) in [5, 5.41) is 13.1. The number of hydrogen-bond acceptors (Lipinski definition) is 7. The molecule has 0 radical (unpaired) electrons. The van der Waals surface area contributed by atoms with E-state index in [1.807, 2.05) is 13.8 Å². The quantitative estimate of drug-likeness (QED) is 0.831. The third-order valence-corrected chi connectivity index (χ3v) is 2.76. The molecule has 8 heteroatoms. The number of anilines is 1. The summed E-state index contributed by atoms with van der Waals surface area (Å²) in [6, 6.07) is 0.159. The number of halogens is 1. The Bertz CT molecular complexity index is 438. The van der Waals surface area contributed by atoms with Gasteiger partial charge < -0.3 is 19.9 Å². The molecule has 106 valence electrons. The fraction of sp³-hybridized carbons (Fsp3) is 0.727. The van der Waals surface area contributed by atoms with Gasteiger partial charge in [-0.15, -0.1) is 0 Å². The second kappa shape index (κ2) is 5.85. The van der Waals surface area contributed by atoms with Crippen molar-refractivity contribution < 1.29 is 14.6 Å². The van der Waals surface area contributed by atoms with Crippen LogP contribution >= 0.6 is 11.6 Å². The molecule has 0 amide bonds. The van der Waals surface area contributed by atoms with Crippen LogP contribution in [-0.4, -0.2) is 51.5 Å². The number of hydrogen-bond donors (Lipinski definition) is 2. The van der Waals surface area contributed by atoms with E-state index < -0.39 is 5.60 Å². The van der Waals surface area contributed by atoms with Crippen LogP contribution in [0.4, 0.5) is 5.95 Å². The second-order valence-electron chi connectivity index (χ2n) is 4.76. The van der Waals surface area contributed by atoms with E-state index in [0.29, 0.717) is 19.6 Å². The number of nitrogens with one attached hydrogen (secondary N) is 1. The minimum absolute atomic E-state index is 0.0443. The highest BCUT2D eigenvalue weighted by molar-refractivity contribution is 6.28. The van der Waals surface area contributed by atoms with E-state index in [-0.39, 0.29) is 29.9 Å². The first-order chi connectivity index (χ1) is 8.97. The smallest absolute Gasteiger partial charge is 0.322 e. The van der Waals surface area contributed by atoms with Gasteiger partial charge in [0, 0.05) is 19.6 Å². The van der Waals surface area contributed by atoms with Gasteiger partial charge in [0.2, 0.25) is 11.2 Å². The molecule has 1 unspecified atom stereocenters. The van der Waals surface area contributed by atoms with Crippen LogP contribution in [0, 0.1) is 0 Å². The number of ether oxygens (including phenoxy) is 2. The van der Waals surface area contributed by atoms with Crippen molar-refractivity contribution >= 4 is 17.5 Å². The number of rotatable bonds is 5. The van der Waals surface area contributed by atoms with E-state index in [2.05, 4.69) is 20.3 Å². The molecule has 7 nitrogen and oxygen atoms in total. The molecule has 1 aliphatic heterocycles. The maximum Gasteiger partial charge on any atom is 0.322 e. The fourth-order valence-corrected chi connectivity index (χ4v) is 1.81. The number of aliphatic hydroxyl groups is 1. The molecule has 0 saturated carbocycles. The Morgan fingerprint density at radius 2 is 2.26 bits per heavy atom. The molecule has 2 rings (SSSR count). The van der Waals surface area contributed by atoms with Crippen LogP contribution in [0.25, 0.3) is 0 Å². The molecule has 2 N–H and O–H groups in total. The summed E-state index contributed by atoms with van der Waals surface area (Å²) in [4.78, 5) is 11.9. The van der Waals surface area contributed by atoms with Crippen LogP contribution in [0.1, 0.15) is 20.3 Å². The first kappa shape index (κ1) is 14.2. The van der Waals surface area contributed by atoms with Crippen molar-refractivity contribution in [3.05, 3.63) is 5.28 Å². The Kier molecular flexibility index (Phi) is 4.38. The van der Waals surface area contributed by atoms with E-state index in [1.54, 1.807) is 0 Å².